The number of fused-ring (bicyclic) bond motifs is 1. The molecule has 29 heavy (non-hydrogen) atoms. The summed E-state index contributed by atoms with van der Waals surface area (Å²) < 4.78 is 3.57. The molecule has 1 aromatic heterocycles. The summed E-state index contributed by atoms with van der Waals surface area (Å²) in [4.78, 5) is 33.4. The number of nitrogens with zero attached hydrogens (tertiary/aromatic N) is 6. The molecule has 3 aliphatic heterocycles. The van der Waals surface area contributed by atoms with E-state index in [1.54, 1.807) is 23.9 Å². The molecule has 4 rings (SSSR count). The van der Waals surface area contributed by atoms with Crippen LogP contribution in [0.5, 0.6) is 0 Å². The number of carbonyl (C=O) groups is 2. The number of amides is 2. The number of hydrogen-bond donors (Lipinski definition) is 0. The molecule has 0 spiro atoms. The van der Waals surface area contributed by atoms with E-state index in [2.05, 4.69) is 35.0 Å². The number of halogens is 1. The molecule has 0 radical (unpaired) electrons. The fourth-order valence-electron chi connectivity index (χ4n) is 4.13. The number of likely N-dealkylation sites (tertiary alicyclic amines) is 1. The van der Waals surface area contributed by atoms with E-state index in [9.17, 15) is 9.59 Å². The van der Waals surface area contributed by atoms with Crippen molar-refractivity contribution in [1.82, 2.24) is 19.6 Å². The van der Waals surface area contributed by atoms with E-state index in [-0.39, 0.29) is 6.04 Å². The Morgan fingerprint density at radius 1 is 1.28 bits per heavy atom. The topological polar surface area (TPSA) is 73.8 Å². The number of aromatic nitrogens is 2. The molecule has 1 fully saturated rings. The number of aliphatic imine (C=N–C) groups is 1. The van der Waals surface area contributed by atoms with E-state index < -0.39 is 17.9 Å². The Morgan fingerprint density at radius 3 is 2.66 bits per heavy atom. The van der Waals surface area contributed by atoms with Gasteiger partial charge in [0.05, 0.1) is 11.2 Å². The van der Waals surface area contributed by atoms with E-state index in [0.717, 1.165) is 32.5 Å². The third-order valence-electron chi connectivity index (χ3n) is 5.80. The molecule has 1 atom stereocenters. The summed E-state index contributed by atoms with van der Waals surface area (Å²) in [6.07, 6.45) is 8.91. The Hall–Kier alpha value is -2.32. The lowest BCUT2D eigenvalue weighted by Crippen LogP contribution is -2.59. The quantitative estimate of drug-likeness (QED) is 0.548. The van der Waals surface area contributed by atoms with Gasteiger partial charge in [0.1, 0.15) is 6.04 Å². The second-order valence-electron chi connectivity index (χ2n) is 8.13. The first-order valence-electron chi connectivity index (χ1n) is 9.99. The highest BCUT2D eigenvalue weighted by Gasteiger charge is 2.47. The van der Waals surface area contributed by atoms with Crippen molar-refractivity contribution >= 4 is 35.5 Å². The maximum Gasteiger partial charge on any atom is 0.399 e. The average molecular weight is 418 g/mol. The molecule has 8 nitrogen and oxygen atoms in total. The molecule has 4 heterocycles. The van der Waals surface area contributed by atoms with Crippen LogP contribution in [0.25, 0.3) is 0 Å². The summed E-state index contributed by atoms with van der Waals surface area (Å²) in [6, 6.07) is -0.0776. The van der Waals surface area contributed by atoms with Crippen molar-refractivity contribution in [2.24, 2.45) is 4.99 Å². The standard InChI is InChI=1S/C20H26ClN6O2/c1-13(2)26-12-14(9-23-26)11-25-6-4-16(5-7-25)27-18-17(8-15(21)10-22-18)24(3)19(28)20(27)29/h8-10,12-13,16-17H,4-7,11H2,1-3H3/q+1. The largest absolute Gasteiger partial charge is 0.399 e. The maximum absolute atomic E-state index is 12.8. The zero-order valence-electron chi connectivity index (χ0n) is 17.0. The van der Waals surface area contributed by atoms with E-state index in [0.29, 0.717) is 16.9 Å². The van der Waals surface area contributed by atoms with E-state index in [1.165, 1.54) is 10.5 Å². The lowest BCUT2D eigenvalue weighted by Gasteiger charge is -2.35. The molecule has 1 unspecified atom stereocenters. The van der Waals surface area contributed by atoms with Crippen molar-refractivity contribution in [1.29, 1.82) is 0 Å². The molecule has 0 N–H and O–H groups in total. The van der Waals surface area contributed by atoms with Gasteiger partial charge in [0.15, 0.2) is 12.3 Å². The first kappa shape index (κ1) is 20.0. The number of rotatable bonds is 4. The minimum Gasteiger partial charge on any atom is -0.317 e. The first-order valence-corrected chi connectivity index (χ1v) is 10.4. The number of dihydropyridines is 1. The van der Waals surface area contributed by atoms with Gasteiger partial charge in [0.25, 0.3) is 0 Å². The number of carbonyl (C=O) groups excluding carboxylic acids is 2. The van der Waals surface area contributed by atoms with Crippen LogP contribution in [0.1, 0.15) is 38.3 Å². The van der Waals surface area contributed by atoms with E-state index in [1.807, 2.05) is 10.9 Å². The van der Waals surface area contributed by atoms with E-state index in [4.69, 9.17) is 11.6 Å². The van der Waals surface area contributed by atoms with Crippen LogP contribution in [0.4, 0.5) is 0 Å². The summed E-state index contributed by atoms with van der Waals surface area (Å²) in [6.45, 7) is 6.76. The van der Waals surface area contributed by atoms with Gasteiger partial charge in [-0.05, 0) is 24.9 Å². The minimum atomic E-state index is -0.514. The highest BCUT2D eigenvalue weighted by Crippen LogP contribution is 2.23. The van der Waals surface area contributed by atoms with E-state index >= 15 is 0 Å². The Morgan fingerprint density at radius 2 is 2.00 bits per heavy atom. The van der Waals surface area contributed by atoms with Gasteiger partial charge < -0.3 is 4.90 Å². The van der Waals surface area contributed by atoms with Crippen LogP contribution in [0.15, 0.2) is 28.5 Å². The summed E-state index contributed by atoms with van der Waals surface area (Å²) in [5, 5.41) is 4.88. The highest BCUT2D eigenvalue weighted by molar-refractivity contribution is 6.41. The van der Waals surface area contributed by atoms with Gasteiger partial charge in [-0.15, -0.1) is 0 Å². The second-order valence-corrected chi connectivity index (χ2v) is 8.57. The zero-order valence-corrected chi connectivity index (χ0v) is 17.7. The second kappa shape index (κ2) is 7.84. The molecule has 0 aliphatic carbocycles. The van der Waals surface area contributed by atoms with Crippen LogP contribution in [0, 0.1) is 0 Å². The fourth-order valence-corrected chi connectivity index (χ4v) is 4.30. The molecule has 1 saturated heterocycles. The van der Waals surface area contributed by atoms with Crippen molar-refractivity contribution < 1.29 is 14.2 Å². The number of hydrogen-bond acceptors (Lipinski definition) is 5. The Balaban J connectivity index is 1.48. The zero-order chi connectivity index (χ0) is 20.7. The molecule has 2 amide bonds. The third-order valence-corrected chi connectivity index (χ3v) is 6.02. The van der Waals surface area contributed by atoms with Gasteiger partial charge >= 0.3 is 17.6 Å². The number of piperidine rings is 1. The Labute approximate surface area is 175 Å². The SMILES string of the molecule is CC(C)n1cc(CN2CCC([N+]3=C4N=CC(Cl)=CC4N(C)C(=O)C3=O)CC2)cn1. The molecule has 9 heteroatoms. The lowest BCUT2D eigenvalue weighted by atomic mass is 10.0. The van der Waals surface area contributed by atoms with Crippen LogP contribution in [-0.4, -0.2) is 80.2 Å². The van der Waals surface area contributed by atoms with Gasteiger partial charge in [-0.3, -0.25) is 14.4 Å². The summed E-state index contributed by atoms with van der Waals surface area (Å²) in [7, 11) is 1.61. The van der Waals surface area contributed by atoms with Gasteiger partial charge in [-0.2, -0.15) is 9.67 Å². The van der Waals surface area contributed by atoms with Crippen molar-refractivity contribution in [3.8, 4) is 0 Å². The fraction of sp³-hybridized carbons (Fsp3) is 0.550. The van der Waals surface area contributed by atoms with Crippen molar-refractivity contribution in [2.75, 3.05) is 20.1 Å². The number of likely N-dealkylation sites (N-methyl/N-ethyl adjacent to an activating group) is 1. The van der Waals surface area contributed by atoms with Crippen LogP contribution < -0.4 is 0 Å². The maximum atomic E-state index is 12.8. The van der Waals surface area contributed by atoms with Crippen molar-refractivity contribution in [3.63, 3.8) is 0 Å². The normalized spacial score (nSPS) is 23.8. The molecular formula is C20H26ClN6O2+. The van der Waals surface area contributed by atoms with Gasteiger partial charge in [0, 0.05) is 57.3 Å². The first-order chi connectivity index (χ1) is 13.8. The molecule has 1 aromatic rings. The summed E-state index contributed by atoms with van der Waals surface area (Å²) >= 11 is 6.08. The average Bonchev–Trinajstić information content (AvgIpc) is 3.17. The highest BCUT2D eigenvalue weighted by atomic mass is 35.5. The van der Waals surface area contributed by atoms with Crippen LogP contribution in [-0.2, 0) is 16.1 Å². The van der Waals surface area contributed by atoms with Crippen LogP contribution in [0.2, 0.25) is 0 Å². The molecule has 154 valence electrons. The number of allylic oxidation sites excluding steroid dienone is 1. The van der Waals surface area contributed by atoms with Crippen molar-refractivity contribution in [2.45, 2.75) is 51.4 Å². The molecule has 0 bridgehead atoms. The smallest absolute Gasteiger partial charge is 0.317 e. The monoisotopic (exact) mass is 417 g/mol. The number of amidine groups is 1. The van der Waals surface area contributed by atoms with Gasteiger partial charge in [-0.25, -0.2) is 4.79 Å². The summed E-state index contributed by atoms with van der Waals surface area (Å²) in [5.41, 5.74) is 1.19. The predicted molar refractivity (Wildman–Crippen MR) is 110 cm³/mol. The predicted octanol–water partition coefficient (Wildman–Crippen LogP) is 1.41. The molecule has 0 aromatic carbocycles. The Kier molecular flexibility index (Phi) is 5.40. The van der Waals surface area contributed by atoms with Crippen LogP contribution in [0.3, 0.4) is 0 Å². The van der Waals surface area contributed by atoms with Crippen LogP contribution >= 0.6 is 11.6 Å². The Bertz CT molecular complexity index is 923. The summed E-state index contributed by atoms with van der Waals surface area (Å²) in [5.74, 6) is -0.419. The molecular weight excluding hydrogens is 392 g/mol. The minimum absolute atomic E-state index is 0.0327. The molecule has 0 saturated carbocycles. The lowest BCUT2D eigenvalue weighted by molar-refractivity contribution is -0.494. The van der Waals surface area contributed by atoms with Gasteiger partial charge in [0.2, 0.25) is 0 Å². The van der Waals surface area contributed by atoms with Crippen molar-refractivity contribution in [3.05, 3.63) is 29.1 Å². The third kappa shape index (κ3) is 3.79. The molecule has 3 aliphatic rings. The van der Waals surface area contributed by atoms with Gasteiger partial charge in [-0.1, -0.05) is 11.6 Å².